The molecule has 24 heavy (non-hydrogen) atoms. The Morgan fingerprint density at radius 2 is 2.08 bits per heavy atom. The SMILES string of the molecule is CN(C)c1ccc(Br)c(S(=O)(=O)N2CCC[C@@H]([C@@H](O)C(=O)O)C2)c1. The molecule has 2 atom stereocenters. The van der Waals surface area contributed by atoms with Crippen molar-refractivity contribution in [2.24, 2.45) is 5.92 Å². The number of sulfonamides is 1. The number of carboxylic acid groups (broad SMARTS) is 1. The summed E-state index contributed by atoms with van der Waals surface area (Å²) in [5, 5.41) is 18.7. The van der Waals surface area contributed by atoms with Crippen LogP contribution in [-0.4, -0.2) is 62.2 Å². The fourth-order valence-corrected chi connectivity index (χ4v) is 5.24. The molecule has 0 radical (unpaired) electrons. The summed E-state index contributed by atoms with van der Waals surface area (Å²) in [5.74, 6) is -1.93. The van der Waals surface area contributed by atoms with E-state index in [1.165, 1.54) is 4.31 Å². The molecule has 1 fully saturated rings. The normalized spacial score (nSPS) is 20.6. The lowest BCUT2D eigenvalue weighted by atomic mass is 9.94. The lowest BCUT2D eigenvalue weighted by Crippen LogP contribution is -2.45. The third-order valence-electron chi connectivity index (χ3n) is 4.17. The van der Waals surface area contributed by atoms with E-state index in [9.17, 15) is 18.3 Å². The molecule has 1 aromatic rings. The summed E-state index contributed by atoms with van der Waals surface area (Å²) in [6.07, 6.45) is -0.558. The maximum absolute atomic E-state index is 13.0. The van der Waals surface area contributed by atoms with Gasteiger partial charge in [0, 0.05) is 43.3 Å². The van der Waals surface area contributed by atoms with Crippen molar-refractivity contribution in [3.05, 3.63) is 22.7 Å². The minimum atomic E-state index is -3.79. The molecule has 1 aliphatic rings. The van der Waals surface area contributed by atoms with Crippen LogP contribution in [0.25, 0.3) is 0 Å². The molecule has 0 aliphatic carbocycles. The first-order valence-corrected chi connectivity index (χ1v) is 9.76. The van der Waals surface area contributed by atoms with Crippen molar-refractivity contribution in [1.29, 1.82) is 0 Å². The van der Waals surface area contributed by atoms with Crippen molar-refractivity contribution in [3.63, 3.8) is 0 Å². The van der Waals surface area contributed by atoms with E-state index >= 15 is 0 Å². The summed E-state index contributed by atoms with van der Waals surface area (Å²) in [4.78, 5) is 12.9. The summed E-state index contributed by atoms with van der Waals surface area (Å²) < 4.78 is 27.6. The van der Waals surface area contributed by atoms with E-state index in [-0.39, 0.29) is 11.4 Å². The number of aliphatic hydroxyl groups is 1. The Kier molecular flexibility index (Phi) is 5.90. The highest BCUT2D eigenvalue weighted by molar-refractivity contribution is 9.10. The smallest absolute Gasteiger partial charge is 0.332 e. The quantitative estimate of drug-likeness (QED) is 0.745. The van der Waals surface area contributed by atoms with Gasteiger partial charge in [0.2, 0.25) is 10.0 Å². The Balaban J connectivity index is 2.33. The van der Waals surface area contributed by atoms with Crippen LogP contribution in [0.4, 0.5) is 5.69 Å². The standard InChI is InChI=1S/C15H21BrN2O5S/c1-17(2)11-5-6-12(16)13(8-11)24(22,23)18-7-3-4-10(9-18)14(19)15(20)21/h5-6,8,10,14,19H,3-4,7,9H2,1-2H3,(H,20,21)/t10-,14-/m1/s1. The van der Waals surface area contributed by atoms with Crippen molar-refractivity contribution >= 4 is 37.6 Å². The fraction of sp³-hybridized carbons (Fsp3) is 0.533. The molecule has 0 aromatic heterocycles. The first kappa shape index (κ1) is 19.2. The molecule has 2 N–H and O–H groups in total. The Morgan fingerprint density at radius 3 is 2.67 bits per heavy atom. The Labute approximate surface area is 150 Å². The molecule has 9 heteroatoms. The predicted molar refractivity (Wildman–Crippen MR) is 93.6 cm³/mol. The Hall–Kier alpha value is -1.16. The number of aliphatic carboxylic acids is 1. The van der Waals surface area contributed by atoms with Crippen LogP contribution >= 0.6 is 15.9 Å². The zero-order chi connectivity index (χ0) is 18.1. The molecular weight excluding hydrogens is 400 g/mol. The van der Waals surface area contributed by atoms with E-state index in [4.69, 9.17) is 5.11 Å². The van der Waals surface area contributed by atoms with Gasteiger partial charge in [-0.2, -0.15) is 4.31 Å². The number of benzene rings is 1. The highest BCUT2D eigenvalue weighted by atomic mass is 79.9. The minimum Gasteiger partial charge on any atom is -0.479 e. The molecule has 0 spiro atoms. The van der Waals surface area contributed by atoms with Crippen LogP contribution in [-0.2, 0) is 14.8 Å². The number of piperidine rings is 1. The zero-order valence-corrected chi connectivity index (χ0v) is 15.9. The monoisotopic (exact) mass is 420 g/mol. The van der Waals surface area contributed by atoms with Gasteiger partial charge in [0.05, 0.1) is 4.90 Å². The van der Waals surface area contributed by atoms with Gasteiger partial charge in [-0.25, -0.2) is 13.2 Å². The minimum absolute atomic E-state index is 0.00552. The average Bonchev–Trinajstić information content (AvgIpc) is 2.54. The molecule has 7 nitrogen and oxygen atoms in total. The van der Waals surface area contributed by atoms with Gasteiger partial charge in [-0.05, 0) is 47.0 Å². The first-order valence-electron chi connectivity index (χ1n) is 7.52. The molecule has 0 amide bonds. The van der Waals surface area contributed by atoms with Crippen LogP contribution in [0.5, 0.6) is 0 Å². The number of hydrogen-bond donors (Lipinski definition) is 2. The topological polar surface area (TPSA) is 98.2 Å². The Bertz CT molecular complexity index is 723. The predicted octanol–water partition coefficient (Wildman–Crippen LogP) is 1.36. The second-order valence-corrected chi connectivity index (χ2v) is 8.82. The van der Waals surface area contributed by atoms with Crippen LogP contribution in [0.15, 0.2) is 27.6 Å². The van der Waals surface area contributed by atoms with E-state index < -0.39 is 28.0 Å². The van der Waals surface area contributed by atoms with E-state index in [1.807, 2.05) is 14.1 Å². The van der Waals surface area contributed by atoms with Crippen LogP contribution in [0.2, 0.25) is 0 Å². The van der Waals surface area contributed by atoms with E-state index in [1.54, 1.807) is 23.1 Å². The molecule has 0 unspecified atom stereocenters. The summed E-state index contributed by atoms with van der Waals surface area (Å²) in [6.45, 7) is 0.304. The number of halogens is 1. The van der Waals surface area contributed by atoms with Gasteiger partial charge in [-0.15, -0.1) is 0 Å². The molecule has 1 heterocycles. The van der Waals surface area contributed by atoms with Crippen molar-refractivity contribution in [1.82, 2.24) is 4.31 Å². The van der Waals surface area contributed by atoms with Gasteiger partial charge in [-0.1, -0.05) is 0 Å². The van der Waals surface area contributed by atoms with Gasteiger partial charge in [0.15, 0.2) is 6.10 Å². The maximum Gasteiger partial charge on any atom is 0.332 e. The largest absolute Gasteiger partial charge is 0.479 e. The summed E-state index contributed by atoms with van der Waals surface area (Å²) in [7, 11) is -0.147. The first-order chi connectivity index (χ1) is 11.1. The van der Waals surface area contributed by atoms with Crippen LogP contribution in [0.3, 0.4) is 0 Å². The van der Waals surface area contributed by atoms with E-state index in [2.05, 4.69) is 15.9 Å². The molecule has 1 aromatic carbocycles. The lowest BCUT2D eigenvalue weighted by molar-refractivity contribution is -0.150. The maximum atomic E-state index is 13.0. The van der Waals surface area contributed by atoms with Gasteiger partial charge in [-0.3, -0.25) is 0 Å². The molecule has 134 valence electrons. The summed E-state index contributed by atoms with van der Waals surface area (Å²) >= 11 is 3.28. The average molecular weight is 421 g/mol. The highest BCUT2D eigenvalue weighted by Gasteiger charge is 2.36. The van der Waals surface area contributed by atoms with Gasteiger partial charge < -0.3 is 15.1 Å². The van der Waals surface area contributed by atoms with Gasteiger partial charge in [0.25, 0.3) is 0 Å². The molecule has 1 aliphatic heterocycles. The number of anilines is 1. The van der Waals surface area contributed by atoms with Crippen molar-refractivity contribution in [2.45, 2.75) is 23.8 Å². The molecule has 2 rings (SSSR count). The van der Waals surface area contributed by atoms with Crippen molar-refractivity contribution < 1.29 is 23.4 Å². The molecule has 1 saturated heterocycles. The number of carboxylic acids is 1. The third kappa shape index (κ3) is 3.90. The number of nitrogens with zero attached hydrogens (tertiary/aromatic N) is 2. The van der Waals surface area contributed by atoms with Crippen molar-refractivity contribution in [2.75, 3.05) is 32.1 Å². The number of hydrogen-bond acceptors (Lipinski definition) is 5. The van der Waals surface area contributed by atoms with Crippen LogP contribution in [0, 0.1) is 5.92 Å². The molecule has 0 bridgehead atoms. The summed E-state index contributed by atoms with van der Waals surface area (Å²) in [5.41, 5.74) is 0.746. The molecule has 0 saturated carbocycles. The third-order valence-corrected chi connectivity index (χ3v) is 7.03. The zero-order valence-electron chi connectivity index (χ0n) is 13.5. The number of aliphatic hydroxyl groups excluding tert-OH is 1. The van der Waals surface area contributed by atoms with Crippen molar-refractivity contribution in [3.8, 4) is 0 Å². The summed E-state index contributed by atoms with van der Waals surface area (Å²) in [6, 6.07) is 5.06. The molecular formula is C15H21BrN2O5S. The fourth-order valence-electron chi connectivity index (χ4n) is 2.76. The number of carbonyl (C=O) groups is 1. The Morgan fingerprint density at radius 1 is 1.42 bits per heavy atom. The number of rotatable bonds is 5. The van der Waals surface area contributed by atoms with E-state index in [0.717, 1.165) is 5.69 Å². The highest BCUT2D eigenvalue weighted by Crippen LogP contribution is 2.32. The van der Waals surface area contributed by atoms with Crippen LogP contribution in [0.1, 0.15) is 12.8 Å². The second-order valence-electron chi connectivity index (χ2n) is 6.06. The van der Waals surface area contributed by atoms with Crippen LogP contribution < -0.4 is 4.90 Å². The second kappa shape index (κ2) is 7.38. The van der Waals surface area contributed by atoms with E-state index in [0.29, 0.717) is 23.9 Å². The van der Waals surface area contributed by atoms with Gasteiger partial charge >= 0.3 is 5.97 Å². The lowest BCUT2D eigenvalue weighted by Gasteiger charge is -2.33. The van der Waals surface area contributed by atoms with Gasteiger partial charge in [0.1, 0.15) is 0 Å².